The molecule has 0 aliphatic carbocycles. The fourth-order valence-electron chi connectivity index (χ4n) is 1.34. The largest absolute Gasteiger partial charge is 0.506 e. The molecule has 0 spiro atoms. The molecule has 17 heavy (non-hydrogen) atoms. The van der Waals surface area contributed by atoms with Gasteiger partial charge in [-0.1, -0.05) is 0 Å². The molecule has 1 aromatic carbocycles. The topological polar surface area (TPSA) is 45.1 Å². The number of aromatic nitrogens is 1. The number of rotatable bonds is 3. The van der Waals surface area contributed by atoms with Crippen LogP contribution in [0.1, 0.15) is 5.69 Å². The lowest BCUT2D eigenvalue weighted by Gasteiger charge is -2.07. The van der Waals surface area contributed by atoms with Crippen LogP contribution in [0.4, 0.5) is 14.5 Å². The molecule has 0 fully saturated rings. The summed E-state index contributed by atoms with van der Waals surface area (Å²) in [6.07, 6.45) is 1.30. The van der Waals surface area contributed by atoms with E-state index in [1.54, 1.807) is 6.07 Å². The monoisotopic (exact) mass is 236 g/mol. The number of benzene rings is 1. The van der Waals surface area contributed by atoms with Gasteiger partial charge in [-0.2, -0.15) is 0 Å². The molecule has 0 saturated carbocycles. The molecule has 3 nitrogen and oxygen atoms in total. The van der Waals surface area contributed by atoms with E-state index in [1.807, 2.05) is 0 Å². The van der Waals surface area contributed by atoms with Crippen LogP contribution in [0.15, 0.2) is 36.5 Å². The first-order valence-corrected chi connectivity index (χ1v) is 4.98. The number of hydrogen-bond donors (Lipinski definition) is 2. The molecular weight excluding hydrogens is 226 g/mol. The first kappa shape index (κ1) is 11.3. The van der Waals surface area contributed by atoms with Crippen LogP contribution in [0, 0.1) is 11.6 Å². The first-order chi connectivity index (χ1) is 8.15. The molecule has 0 unspecified atom stereocenters. The van der Waals surface area contributed by atoms with Gasteiger partial charge in [0, 0.05) is 6.07 Å². The second-order valence-electron chi connectivity index (χ2n) is 3.49. The van der Waals surface area contributed by atoms with Crippen LogP contribution in [-0.2, 0) is 6.54 Å². The summed E-state index contributed by atoms with van der Waals surface area (Å²) in [7, 11) is 0. The third kappa shape index (κ3) is 2.90. The Morgan fingerprint density at radius 2 is 2.00 bits per heavy atom. The van der Waals surface area contributed by atoms with Crippen LogP contribution in [0.5, 0.6) is 5.75 Å². The highest BCUT2D eigenvalue weighted by Gasteiger charge is 2.03. The zero-order valence-corrected chi connectivity index (χ0v) is 8.82. The molecule has 0 amide bonds. The molecule has 1 heterocycles. The summed E-state index contributed by atoms with van der Waals surface area (Å²) in [5.41, 5.74) is 0.854. The van der Waals surface area contributed by atoms with Crippen LogP contribution in [0.3, 0.4) is 0 Å². The van der Waals surface area contributed by atoms with Gasteiger partial charge < -0.3 is 10.4 Å². The first-order valence-electron chi connectivity index (χ1n) is 4.98. The van der Waals surface area contributed by atoms with E-state index in [0.29, 0.717) is 12.2 Å². The lowest BCUT2D eigenvalue weighted by molar-refractivity contribution is 0.472. The van der Waals surface area contributed by atoms with Gasteiger partial charge in [0.05, 0.1) is 24.1 Å². The fraction of sp³-hybridized carbons (Fsp3) is 0.0833. The highest BCUT2D eigenvalue weighted by Crippen LogP contribution is 2.16. The average Bonchev–Trinajstić information content (AvgIpc) is 2.30. The van der Waals surface area contributed by atoms with Crippen LogP contribution in [-0.4, -0.2) is 10.1 Å². The van der Waals surface area contributed by atoms with Gasteiger partial charge in [-0.15, -0.1) is 0 Å². The van der Waals surface area contributed by atoms with E-state index in [9.17, 15) is 8.78 Å². The van der Waals surface area contributed by atoms with E-state index in [1.165, 1.54) is 24.4 Å². The molecule has 2 aromatic rings. The molecule has 1 aromatic heterocycles. The number of pyridine rings is 1. The molecule has 2 N–H and O–H groups in total. The molecule has 88 valence electrons. The molecule has 0 saturated heterocycles. The summed E-state index contributed by atoms with van der Waals surface area (Å²) in [5, 5.41) is 11.8. The maximum absolute atomic E-state index is 13.3. The molecule has 2 rings (SSSR count). The summed E-state index contributed by atoms with van der Waals surface area (Å²) >= 11 is 0. The van der Waals surface area contributed by atoms with Crippen LogP contribution < -0.4 is 5.32 Å². The van der Waals surface area contributed by atoms with Gasteiger partial charge in [-0.3, -0.25) is 4.98 Å². The van der Waals surface area contributed by atoms with Crippen LogP contribution in [0.25, 0.3) is 0 Å². The van der Waals surface area contributed by atoms with Crippen molar-refractivity contribution in [3.63, 3.8) is 0 Å². The number of anilines is 1. The van der Waals surface area contributed by atoms with Crippen molar-refractivity contribution in [1.82, 2.24) is 4.98 Å². The number of halogens is 2. The lowest BCUT2D eigenvalue weighted by atomic mass is 10.3. The van der Waals surface area contributed by atoms with E-state index >= 15 is 0 Å². The Balaban J connectivity index is 2.04. The standard InChI is InChI=1S/C12H10F2N2O/c13-8-1-4-12(11(14)5-8)16-6-9-2-3-10(17)7-15-9/h1-5,7,16-17H,6H2. The minimum absolute atomic E-state index is 0.0710. The fourth-order valence-corrected chi connectivity index (χ4v) is 1.34. The van der Waals surface area contributed by atoms with Crippen LogP contribution >= 0.6 is 0 Å². The summed E-state index contributed by atoms with van der Waals surface area (Å²) in [6, 6.07) is 6.42. The maximum Gasteiger partial charge on any atom is 0.149 e. The van der Waals surface area contributed by atoms with Crippen molar-refractivity contribution >= 4 is 5.69 Å². The maximum atomic E-state index is 13.3. The van der Waals surface area contributed by atoms with Crippen molar-refractivity contribution in [2.24, 2.45) is 0 Å². The number of hydrogen-bond acceptors (Lipinski definition) is 3. The van der Waals surface area contributed by atoms with Gasteiger partial charge in [0.25, 0.3) is 0 Å². The van der Waals surface area contributed by atoms with E-state index in [4.69, 9.17) is 5.11 Å². The minimum atomic E-state index is -0.649. The van der Waals surface area contributed by atoms with Gasteiger partial charge in [-0.25, -0.2) is 8.78 Å². The Morgan fingerprint density at radius 3 is 2.65 bits per heavy atom. The second kappa shape index (κ2) is 4.78. The number of nitrogens with zero attached hydrogens (tertiary/aromatic N) is 1. The minimum Gasteiger partial charge on any atom is -0.506 e. The van der Waals surface area contributed by atoms with Gasteiger partial charge in [0.1, 0.15) is 17.4 Å². The predicted octanol–water partition coefficient (Wildman–Crippen LogP) is 2.68. The molecular formula is C12H10F2N2O. The van der Waals surface area contributed by atoms with Gasteiger partial charge in [0.15, 0.2) is 0 Å². The molecule has 0 radical (unpaired) electrons. The average molecular weight is 236 g/mol. The normalized spacial score (nSPS) is 10.2. The Hall–Kier alpha value is -2.17. The zero-order chi connectivity index (χ0) is 12.3. The SMILES string of the molecule is Oc1ccc(CNc2ccc(F)cc2F)nc1. The third-order valence-corrected chi connectivity index (χ3v) is 2.20. The third-order valence-electron chi connectivity index (χ3n) is 2.20. The summed E-state index contributed by atoms with van der Waals surface area (Å²) < 4.78 is 25.9. The second-order valence-corrected chi connectivity index (χ2v) is 3.49. The van der Waals surface area contributed by atoms with Crippen molar-refractivity contribution in [3.8, 4) is 5.75 Å². The van der Waals surface area contributed by atoms with Gasteiger partial charge >= 0.3 is 0 Å². The molecule has 0 atom stereocenters. The summed E-state index contributed by atoms with van der Waals surface area (Å²) in [5.74, 6) is -1.19. The molecule has 0 bridgehead atoms. The Morgan fingerprint density at radius 1 is 1.18 bits per heavy atom. The highest BCUT2D eigenvalue weighted by molar-refractivity contribution is 5.44. The van der Waals surface area contributed by atoms with E-state index in [-0.39, 0.29) is 11.4 Å². The van der Waals surface area contributed by atoms with E-state index < -0.39 is 11.6 Å². The summed E-state index contributed by atoms with van der Waals surface area (Å²) in [4.78, 5) is 3.93. The van der Waals surface area contributed by atoms with E-state index in [2.05, 4.69) is 10.3 Å². The van der Waals surface area contributed by atoms with Crippen molar-refractivity contribution in [1.29, 1.82) is 0 Å². The van der Waals surface area contributed by atoms with Gasteiger partial charge in [-0.05, 0) is 24.3 Å². The van der Waals surface area contributed by atoms with E-state index in [0.717, 1.165) is 6.07 Å². The Bertz CT molecular complexity index is 514. The highest BCUT2D eigenvalue weighted by atomic mass is 19.1. The van der Waals surface area contributed by atoms with Crippen molar-refractivity contribution in [3.05, 3.63) is 53.9 Å². The Labute approximate surface area is 96.7 Å². The van der Waals surface area contributed by atoms with Crippen LogP contribution in [0.2, 0.25) is 0 Å². The Kier molecular flexibility index (Phi) is 3.18. The zero-order valence-electron chi connectivity index (χ0n) is 8.82. The van der Waals surface area contributed by atoms with Gasteiger partial charge in [0.2, 0.25) is 0 Å². The number of nitrogens with one attached hydrogen (secondary N) is 1. The lowest BCUT2D eigenvalue weighted by Crippen LogP contribution is -2.03. The number of aromatic hydroxyl groups is 1. The predicted molar refractivity (Wildman–Crippen MR) is 59.6 cm³/mol. The smallest absolute Gasteiger partial charge is 0.149 e. The molecule has 5 heteroatoms. The molecule has 0 aliphatic rings. The quantitative estimate of drug-likeness (QED) is 0.861. The van der Waals surface area contributed by atoms with Crippen molar-refractivity contribution < 1.29 is 13.9 Å². The van der Waals surface area contributed by atoms with Crippen molar-refractivity contribution in [2.45, 2.75) is 6.54 Å². The molecule has 0 aliphatic heterocycles. The summed E-state index contributed by atoms with van der Waals surface area (Å²) in [6.45, 7) is 0.294. The van der Waals surface area contributed by atoms with Crippen molar-refractivity contribution in [2.75, 3.05) is 5.32 Å².